The highest BCUT2D eigenvalue weighted by Crippen LogP contribution is 2.42. The lowest BCUT2D eigenvalue weighted by Crippen LogP contribution is -2.36. The first kappa shape index (κ1) is 10.2. The van der Waals surface area contributed by atoms with Crippen LogP contribution in [0.1, 0.15) is 13.3 Å². The number of amides is 1. The molecule has 0 bridgehead atoms. The van der Waals surface area contributed by atoms with Crippen LogP contribution in [0.2, 0.25) is 0 Å². The zero-order valence-corrected chi connectivity index (χ0v) is 10.2. The number of benzene rings is 1. The number of rotatable bonds is 1. The molecule has 0 radical (unpaired) electrons. The van der Waals surface area contributed by atoms with Crippen LogP contribution in [0.15, 0.2) is 29.2 Å². The second-order valence-corrected chi connectivity index (χ2v) is 5.76. The molecule has 2 atom stereocenters. The van der Waals surface area contributed by atoms with Crippen LogP contribution in [0.25, 0.3) is 0 Å². The van der Waals surface area contributed by atoms with Gasteiger partial charge in [-0.1, -0.05) is 19.1 Å². The topological polar surface area (TPSA) is 20.3 Å². The summed E-state index contributed by atoms with van der Waals surface area (Å²) >= 11 is 1.85. The van der Waals surface area contributed by atoms with Gasteiger partial charge in [0.1, 0.15) is 0 Å². The maximum atomic E-state index is 12.3. The Labute approximate surface area is 100 Å². The summed E-state index contributed by atoms with van der Waals surface area (Å²) in [6, 6.07) is 8.23. The van der Waals surface area contributed by atoms with Crippen molar-refractivity contribution in [2.45, 2.75) is 18.2 Å². The molecule has 1 aromatic carbocycles. The molecule has 0 spiro atoms. The van der Waals surface area contributed by atoms with Crippen molar-refractivity contribution in [2.24, 2.45) is 11.8 Å². The van der Waals surface area contributed by atoms with Crippen molar-refractivity contribution < 1.29 is 4.79 Å². The number of anilines is 1. The van der Waals surface area contributed by atoms with Crippen LogP contribution in [0, 0.1) is 11.8 Å². The lowest BCUT2D eigenvalue weighted by atomic mass is 10.2. The Morgan fingerprint density at radius 1 is 1.44 bits per heavy atom. The molecular weight excluding hydrogens is 218 g/mol. The summed E-state index contributed by atoms with van der Waals surface area (Å²) in [4.78, 5) is 15.5. The average Bonchev–Trinajstić information content (AvgIpc) is 3.05. The molecule has 3 rings (SSSR count). The van der Waals surface area contributed by atoms with Gasteiger partial charge in [-0.25, -0.2) is 0 Å². The Bertz CT molecular complexity index is 432. The lowest BCUT2D eigenvalue weighted by Gasteiger charge is -2.29. The molecule has 1 aliphatic heterocycles. The zero-order valence-electron chi connectivity index (χ0n) is 9.35. The van der Waals surface area contributed by atoms with Gasteiger partial charge in [-0.3, -0.25) is 4.79 Å². The molecule has 0 aromatic heterocycles. The van der Waals surface area contributed by atoms with Crippen molar-refractivity contribution >= 4 is 23.4 Å². The van der Waals surface area contributed by atoms with E-state index < -0.39 is 0 Å². The maximum absolute atomic E-state index is 12.3. The highest BCUT2D eigenvalue weighted by Gasteiger charge is 2.42. The molecule has 1 aromatic rings. The number of hydrogen-bond acceptors (Lipinski definition) is 2. The molecule has 2 unspecified atom stereocenters. The third-order valence-corrected chi connectivity index (χ3v) is 4.46. The summed E-state index contributed by atoms with van der Waals surface area (Å²) in [5.74, 6) is 2.23. The maximum Gasteiger partial charge on any atom is 0.230 e. The molecule has 16 heavy (non-hydrogen) atoms. The second kappa shape index (κ2) is 3.81. The predicted octanol–water partition coefficient (Wildman–Crippen LogP) is 2.78. The number of carbonyl (C=O) groups excluding carboxylic acids is 1. The smallest absolute Gasteiger partial charge is 0.230 e. The monoisotopic (exact) mass is 233 g/mol. The Balaban J connectivity index is 1.90. The van der Waals surface area contributed by atoms with Crippen LogP contribution in [-0.4, -0.2) is 18.2 Å². The van der Waals surface area contributed by atoms with E-state index in [1.54, 1.807) is 0 Å². The van der Waals surface area contributed by atoms with Crippen molar-refractivity contribution in [3.8, 4) is 0 Å². The van der Waals surface area contributed by atoms with Gasteiger partial charge < -0.3 is 4.90 Å². The van der Waals surface area contributed by atoms with Gasteiger partial charge in [0, 0.05) is 23.1 Å². The van der Waals surface area contributed by atoms with Gasteiger partial charge in [-0.2, -0.15) is 0 Å². The van der Waals surface area contributed by atoms with Crippen LogP contribution in [0.3, 0.4) is 0 Å². The van der Waals surface area contributed by atoms with Crippen molar-refractivity contribution in [2.75, 3.05) is 17.2 Å². The first-order valence-corrected chi connectivity index (χ1v) is 6.79. The summed E-state index contributed by atoms with van der Waals surface area (Å²) in [6.45, 7) is 3.02. The molecule has 2 nitrogen and oxygen atoms in total. The average molecular weight is 233 g/mol. The van der Waals surface area contributed by atoms with Gasteiger partial charge in [-0.15, -0.1) is 11.8 Å². The van der Waals surface area contributed by atoms with Gasteiger partial charge in [-0.05, 0) is 24.5 Å². The lowest BCUT2D eigenvalue weighted by molar-refractivity contribution is -0.120. The summed E-state index contributed by atoms with van der Waals surface area (Å²) in [5.41, 5.74) is 1.11. The number of hydrogen-bond donors (Lipinski definition) is 0. The third-order valence-electron chi connectivity index (χ3n) is 3.42. The van der Waals surface area contributed by atoms with E-state index in [9.17, 15) is 4.79 Å². The molecule has 0 saturated heterocycles. The van der Waals surface area contributed by atoms with Gasteiger partial charge >= 0.3 is 0 Å². The van der Waals surface area contributed by atoms with Crippen molar-refractivity contribution in [3.63, 3.8) is 0 Å². The molecule has 1 aliphatic carbocycles. The minimum atomic E-state index is 0.288. The Kier molecular flexibility index (Phi) is 2.43. The molecule has 1 saturated carbocycles. The molecule has 84 valence electrons. The minimum absolute atomic E-state index is 0.288. The van der Waals surface area contributed by atoms with Crippen LogP contribution in [-0.2, 0) is 4.79 Å². The largest absolute Gasteiger partial charge is 0.310 e. The van der Waals surface area contributed by atoms with E-state index in [-0.39, 0.29) is 5.92 Å². The first-order chi connectivity index (χ1) is 7.77. The molecule has 0 N–H and O–H groups in total. The molecule has 1 heterocycles. The Hall–Kier alpha value is -0.960. The standard InChI is InChI=1S/C13H15NOS/c1-9-8-10(9)13(15)14-6-7-16-12-5-3-2-4-11(12)14/h2-5,9-10H,6-8H2,1H3. The van der Waals surface area contributed by atoms with Gasteiger partial charge in [0.15, 0.2) is 0 Å². The predicted molar refractivity (Wildman–Crippen MR) is 66.8 cm³/mol. The van der Waals surface area contributed by atoms with E-state index in [4.69, 9.17) is 0 Å². The van der Waals surface area contributed by atoms with Crippen LogP contribution in [0.4, 0.5) is 5.69 Å². The molecule has 1 fully saturated rings. The normalized spacial score (nSPS) is 27.4. The van der Waals surface area contributed by atoms with E-state index in [1.165, 1.54) is 4.90 Å². The molecule has 3 heteroatoms. The SMILES string of the molecule is CC1CC1C(=O)N1CCSc2ccccc21. The van der Waals surface area contributed by atoms with E-state index in [2.05, 4.69) is 19.1 Å². The first-order valence-electron chi connectivity index (χ1n) is 5.80. The van der Waals surface area contributed by atoms with Gasteiger partial charge in [0.25, 0.3) is 0 Å². The van der Waals surface area contributed by atoms with Gasteiger partial charge in [0.2, 0.25) is 5.91 Å². The number of carbonyl (C=O) groups is 1. The van der Waals surface area contributed by atoms with Gasteiger partial charge in [0.05, 0.1) is 5.69 Å². The summed E-state index contributed by atoms with van der Waals surface area (Å²) in [5, 5.41) is 0. The Morgan fingerprint density at radius 2 is 2.19 bits per heavy atom. The van der Waals surface area contributed by atoms with E-state index in [0.29, 0.717) is 11.8 Å². The summed E-state index contributed by atoms with van der Waals surface area (Å²) in [7, 11) is 0. The Morgan fingerprint density at radius 3 is 2.94 bits per heavy atom. The van der Waals surface area contributed by atoms with E-state index in [1.807, 2.05) is 28.8 Å². The van der Waals surface area contributed by atoms with Crippen LogP contribution < -0.4 is 4.90 Å². The zero-order chi connectivity index (χ0) is 11.1. The number of thioether (sulfide) groups is 1. The fraction of sp³-hybridized carbons (Fsp3) is 0.462. The molecule has 2 aliphatic rings. The highest BCUT2D eigenvalue weighted by molar-refractivity contribution is 7.99. The number of fused-ring (bicyclic) bond motifs is 1. The van der Waals surface area contributed by atoms with Crippen molar-refractivity contribution in [1.29, 1.82) is 0 Å². The van der Waals surface area contributed by atoms with E-state index >= 15 is 0 Å². The molecule has 1 amide bonds. The van der Waals surface area contributed by atoms with E-state index in [0.717, 1.165) is 24.4 Å². The van der Waals surface area contributed by atoms with Crippen molar-refractivity contribution in [1.82, 2.24) is 0 Å². The summed E-state index contributed by atoms with van der Waals surface area (Å²) in [6.07, 6.45) is 1.07. The highest BCUT2D eigenvalue weighted by atomic mass is 32.2. The fourth-order valence-corrected chi connectivity index (χ4v) is 3.26. The number of para-hydroxylation sites is 1. The van der Waals surface area contributed by atoms with Crippen molar-refractivity contribution in [3.05, 3.63) is 24.3 Å². The summed E-state index contributed by atoms with van der Waals surface area (Å²) < 4.78 is 0. The third kappa shape index (κ3) is 1.63. The minimum Gasteiger partial charge on any atom is -0.310 e. The second-order valence-electron chi connectivity index (χ2n) is 4.63. The molecular formula is C13H15NOS. The number of nitrogens with zero attached hydrogens (tertiary/aromatic N) is 1. The fourth-order valence-electron chi connectivity index (χ4n) is 2.26. The van der Waals surface area contributed by atoms with Crippen LogP contribution in [0.5, 0.6) is 0 Å². The quantitative estimate of drug-likeness (QED) is 0.743. The van der Waals surface area contributed by atoms with Crippen LogP contribution >= 0.6 is 11.8 Å².